The maximum atomic E-state index is 6.07. The highest BCUT2D eigenvalue weighted by Gasteiger charge is 2.33. The van der Waals surface area contributed by atoms with Crippen molar-refractivity contribution in [1.29, 1.82) is 0 Å². The minimum absolute atomic E-state index is 0.216. The average Bonchev–Trinajstić information content (AvgIpc) is 2.99. The van der Waals surface area contributed by atoms with E-state index in [0.29, 0.717) is 6.61 Å². The zero-order valence-electron chi connectivity index (χ0n) is 24.5. The summed E-state index contributed by atoms with van der Waals surface area (Å²) in [7, 11) is 2.11. The van der Waals surface area contributed by atoms with E-state index in [0.717, 1.165) is 62.0 Å². The largest absolute Gasteiger partial charge is 0.494 e. The normalized spacial score (nSPS) is 14.1. The van der Waals surface area contributed by atoms with Crippen LogP contribution in [0.15, 0.2) is 97.1 Å². The number of ether oxygens (including phenoxy) is 3. The van der Waals surface area contributed by atoms with Crippen LogP contribution in [0, 0.1) is 12.3 Å². The van der Waals surface area contributed by atoms with Crippen LogP contribution in [0.2, 0.25) is 0 Å². The van der Waals surface area contributed by atoms with Gasteiger partial charge < -0.3 is 19.1 Å². The lowest BCUT2D eigenvalue weighted by Gasteiger charge is -2.37. The van der Waals surface area contributed by atoms with E-state index in [1.807, 2.05) is 6.07 Å². The summed E-state index contributed by atoms with van der Waals surface area (Å²) in [5, 5.41) is 0. The Morgan fingerprint density at radius 3 is 2.07 bits per heavy atom. The second-order valence-corrected chi connectivity index (χ2v) is 11.4. The van der Waals surface area contributed by atoms with Crippen LogP contribution in [0.5, 0.6) is 5.75 Å². The number of unbranched alkanes of at least 4 members (excludes halogenated alkanes) is 1. The number of hydrogen-bond donors (Lipinski definition) is 0. The standard InChI is InChI=1S/C37H41NO3/c1-29-12-14-30(15-13-29)16-17-31-18-20-34(21-19-31)38(3)35-10-6-8-32(24-35)33-9-7-11-36(25-33)41-23-5-4-22-39-26-37(2)27-40-28-37/h6-21,24-25H,4-5,22-23,26-28H2,1-3H3. The number of hydrogen-bond acceptors (Lipinski definition) is 4. The van der Waals surface area contributed by atoms with E-state index >= 15 is 0 Å². The predicted molar refractivity (Wildman–Crippen MR) is 171 cm³/mol. The molecule has 0 unspecified atom stereocenters. The summed E-state index contributed by atoms with van der Waals surface area (Å²) in [4.78, 5) is 2.22. The highest BCUT2D eigenvalue weighted by Crippen LogP contribution is 2.31. The van der Waals surface area contributed by atoms with E-state index < -0.39 is 0 Å². The molecule has 4 nitrogen and oxygen atoms in total. The highest BCUT2D eigenvalue weighted by atomic mass is 16.5. The van der Waals surface area contributed by atoms with Crippen LogP contribution in [0.3, 0.4) is 0 Å². The molecule has 4 heteroatoms. The van der Waals surface area contributed by atoms with Crippen molar-refractivity contribution in [3.63, 3.8) is 0 Å². The lowest BCUT2D eigenvalue weighted by molar-refractivity contribution is -0.138. The zero-order valence-corrected chi connectivity index (χ0v) is 24.5. The molecular formula is C37H41NO3. The fraction of sp³-hybridized carbons (Fsp3) is 0.297. The van der Waals surface area contributed by atoms with Crippen molar-refractivity contribution in [2.45, 2.75) is 26.7 Å². The molecule has 0 N–H and O–H groups in total. The maximum absolute atomic E-state index is 6.07. The van der Waals surface area contributed by atoms with Gasteiger partial charge in [-0.3, -0.25) is 0 Å². The molecule has 1 heterocycles. The van der Waals surface area contributed by atoms with Crippen molar-refractivity contribution in [3.8, 4) is 16.9 Å². The van der Waals surface area contributed by atoms with Crippen LogP contribution in [0.1, 0.15) is 36.5 Å². The van der Waals surface area contributed by atoms with Crippen LogP contribution < -0.4 is 9.64 Å². The van der Waals surface area contributed by atoms with E-state index in [4.69, 9.17) is 14.2 Å². The van der Waals surface area contributed by atoms with Gasteiger partial charge >= 0.3 is 0 Å². The molecule has 0 radical (unpaired) electrons. The second-order valence-electron chi connectivity index (χ2n) is 11.4. The molecule has 5 rings (SSSR count). The molecule has 0 spiro atoms. The van der Waals surface area contributed by atoms with Gasteiger partial charge in [0.1, 0.15) is 5.75 Å². The fourth-order valence-electron chi connectivity index (χ4n) is 4.84. The third-order valence-electron chi connectivity index (χ3n) is 7.53. The SMILES string of the molecule is Cc1ccc(C=Cc2ccc(N(C)c3cccc(-c4cccc(OCCCCOCC5(C)COC5)c4)c3)cc2)cc1. The van der Waals surface area contributed by atoms with E-state index in [1.54, 1.807) is 0 Å². The summed E-state index contributed by atoms with van der Waals surface area (Å²) in [6, 6.07) is 34.2. The molecule has 0 aliphatic carbocycles. The van der Waals surface area contributed by atoms with Gasteiger partial charge in [-0.25, -0.2) is 0 Å². The van der Waals surface area contributed by atoms with Gasteiger partial charge in [-0.1, -0.05) is 85.3 Å². The molecule has 1 saturated heterocycles. The summed E-state index contributed by atoms with van der Waals surface area (Å²) in [5.41, 5.74) is 8.47. The highest BCUT2D eigenvalue weighted by molar-refractivity contribution is 5.74. The van der Waals surface area contributed by atoms with Gasteiger partial charge in [0, 0.05) is 30.4 Å². The van der Waals surface area contributed by atoms with Gasteiger partial charge in [0.2, 0.25) is 0 Å². The predicted octanol–water partition coefficient (Wildman–Crippen LogP) is 8.81. The summed E-state index contributed by atoms with van der Waals surface area (Å²) < 4.78 is 17.2. The molecule has 4 aromatic carbocycles. The molecule has 0 aromatic heterocycles. The molecule has 0 saturated carbocycles. The summed E-state index contributed by atoms with van der Waals surface area (Å²) in [6.45, 7) is 8.18. The first-order valence-corrected chi connectivity index (χ1v) is 14.5. The Bertz CT molecular complexity index is 1420. The van der Waals surface area contributed by atoms with Crippen LogP contribution in [0.25, 0.3) is 23.3 Å². The van der Waals surface area contributed by atoms with E-state index in [1.165, 1.54) is 22.3 Å². The smallest absolute Gasteiger partial charge is 0.119 e. The van der Waals surface area contributed by atoms with Crippen LogP contribution >= 0.6 is 0 Å². The first kappa shape index (κ1) is 28.7. The number of nitrogens with zero attached hydrogens (tertiary/aromatic N) is 1. The molecule has 0 atom stereocenters. The Labute approximate surface area is 245 Å². The number of benzene rings is 4. The molecular weight excluding hydrogens is 506 g/mol. The van der Waals surface area contributed by atoms with Gasteiger partial charge in [-0.05, 0) is 78.4 Å². The lowest BCUT2D eigenvalue weighted by atomic mass is 9.90. The monoisotopic (exact) mass is 547 g/mol. The Balaban J connectivity index is 1.14. The lowest BCUT2D eigenvalue weighted by Crippen LogP contribution is -2.43. The molecule has 1 aliphatic rings. The van der Waals surface area contributed by atoms with Crippen molar-refractivity contribution in [2.75, 3.05) is 45.0 Å². The summed E-state index contributed by atoms with van der Waals surface area (Å²) in [6.07, 6.45) is 6.28. The average molecular weight is 548 g/mol. The third-order valence-corrected chi connectivity index (χ3v) is 7.53. The Morgan fingerprint density at radius 2 is 1.39 bits per heavy atom. The molecule has 4 aromatic rings. The number of aryl methyl sites for hydroxylation is 1. The van der Waals surface area contributed by atoms with Gasteiger partial charge in [0.25, 0.3) is 0 Å². The van der Waals surface area contributed by atoms with E-state index in [9.17, 15) is 0 Å². The van der Waals surface area contributed by atoms with Crippen molar-refractivity contribution >= 4 is 23.5 Å². The zero-order chi connectivity index (χ0) is 28.5. The van der Waals surface area contributed by atoms with E-state index in [-0.39, 0.29) is 5.41 Å². The Hall–Kier alpha value is -3.86. The minimum Gasteiger partial charge on any atom is -0.494 e. The molecule has 0 bridgehead atoms. The van der Waals surface area contributed by atoms with Gasteiger partial charge in [-0.15, -0.1) is 0 Å². The molecule has 41 heavy (non-hydrogen) atoms. The first-order chi connectivity index (χ1) is 20.0. The summed E-state index contributed by atoms with van der Waals surface area (Å²) >= 11 is 0. The molecule has 1 fully saturated rings. The molecule has 1 aliphatic heterocycles. The molecule has 212 valence electrons. The fourth-order valence-corrected chi connectivity index (χ4v) is 4.84. The van der Waals surface area contributed by atoms with Crippen molar-refractivity contribution < 1.29 is 14.2 Å². The van der Waals surface area contributed by atoms with E-state index in [2.05, 4.69) is 129 Å². The van der Waals surface area contributed by atoms with Crippen molar-refractivity contribution in [1.82, 2.24) is 0 Å². The van der Waals surface area contributed by atoms with Crippen LogP contribution in [-0.2, 0) is 9.47 Å². The van der Waals surface area contributed by atoms with Gasteiger partial charge in [0.15, 0.2) is 0 Å². The first-order valence-electron chi connectivity index (χ1n) is 14.5. The van der Waals surface area contributed by atoms with Gasteiger partial charge in [0.05, 0.1) is 26.4 Å². The summed E-state index contributed by atoms with van der Waals surface area (Å²) in [5.74, 6) is 0.899. The topological polar surface area (TPSA) is 30.9 Å². The van der Waals surface area contributed by atoms with Crippen molar-refractivity contribution in [2.24, 2.45) is 5.41 Å². The van der Waals surface area contributed by atoms with Crippen LogP contribution in [-0.4, -0.2) is 40.1 Å². The number of anilines is 2. The molecule has 0 amide bonds. The Kier molecular flexibility index (Phi) is 9.55. The van der Waals surface area contributed by atoms with Gasteiger partial charge in [-0.2, -0.15) is 0 Å². The van der Waals surface area contributed by atoms with Crippen molar-refractivity contribution in [3.05, 3.63) is 114 Å². The third kappa shape index (κ3) is 8.09. The number of rotatable bonds is 13. The van der Waals surface area contributed by atoms with Crippen LogP contribution in [0.4, 0.5) is 11.4 Å². The Morgan fingerprint density at radius 1 is 0.756 bits per heavy atom. The quantitative estimate of drug-likeness (QED) is 0.124. The second kappa shape index (κ2) is 13.7. The minimum atomic E-state index is 0.216. The maximum Gasteiger partial charge on any atom is 0.119 e.